The average Bonchev–Trinajstić information content (AvgIpc) is 2.38. The summed E-state index contributed by atoms with van der Waals surface area (Å²) in [6.45, 7) is 10.1. The first-order chi connectivity index (χ1) is 9.35. The van der Waals surface area contributed by atoms with Crippen LogP contribution < -0.4 is 5.73 Å². The third kappa shape index (κ3) is 8.54. The van der Waals surface area contributed by atoms with Crippen molar-refractivity contribution in [3.63, 3.8) is 0 Å². The minimum atomic E-state index is -0.132. The summed E-state index contributed by atoms with van der Waals surface area (Å²) in [6.07, 6.45) is 5.32. The summed E-state index contributed by atoms with van der Waals surface area (Å²) < 4.78 is 0. The quantitative estimate of drug-likeness (QED) is 0.606. The number of aliphatic hydroxyl groups excluding tert-OH is 1. The molecule has 0 aromatic rings. The van der Waals surface area contributed by atoms with Gasteiger partial charge in [0.05, 0.1) is 12.5 Å². The van der Waals surface area contributed by atoms with Crippen LogP contribution in [0.5, 0.6) is 0 Å². The van der Waals surface area contributed by atoms with Crippen molar-refractivity contribution in [3.05, 3.63) is 0 Å². The van der Waals surface area contributed by atoms with Gasteiger partial charge in [0.15, 0.2) is 0 Å². The minimum Gasteiger partial charge on any atom is -0.395 e. The van der Waals surface area contributed by atoms with Gasteiger partial charge < -0.3 is 15.7 Å². The fourth-order valence-corrected chi connectivity index (χ4v) is 2.45. The molecule has 1 unspecified atom stereocenters. The van der Waals surface area contributed by atoms with E-state index >= 15 is 0 Å². The van der Waals surface area contributed by atoms with Crippen LogP contribution in [0.15, 0.2) is 0 Å². The maximum Gasteiger partial charge on any atom is 0.227 e. The van der Waals surface area contributed by atoms with Crippen molar-refractivity contribution in [2.24, 2.45) is 17.1 Å². The molecule has 4 nitrogen and oxygen atoms in total. The van der Waals surface area contributed by atoms with E-state index in [-0.39, 0.29) is 23.8 Å². The molecule has 0 aliphatic heterocycles. The van der Waals surface area contributed by atoms with Gasteiger partial charge in [-0.05, 0) is 18.3 Å². The topological polar surface area (TPSA) is 66.6 Å². The van der Waals surface area contributed by atoms with Crippen LogP contribution in [0.3, 0.4) is 0 Å². The lowest BCUT2D eigenvalue weighted by atomic mass is 9.84. The number of nitrogens with two attached hydrogens (primary N) is 1. The molecule has 0 saturated carbocycles. The molecule has 0 rings (SSSR count). The van der Waals surface area contributed by atoms with E-state index in [1.165, 1.54) is 12.8 Å². The average molecular weight is 286 g/mol. The van der Waals surface area contributed by atoms with Gasteiger partial charge in [-0.15, -0.1) is 0 Å². The fraction of sp³-hybridized carbons (Fsp3) is 0.938. The minimum absolute atomic E-state index is 0.0202. The zero-order valence-corrected chi connectivity index (χ0v) is 13.8. The summed E-state index contributed by atoms with van der Waals surface area (Å²) in [5.74, 6) is -0.0271. The maximum atomic E-state index is 12.5. The summed E-state index contributed by atoms with van der Waals surface area (Å²) in [6, 6.07) is 0. The predicted molar refractivity (Wildman–Crippen MR) is 84.4 cm³/mol. The molecule has 0 heterocycles. The van der Waals surface area contributed by atoms with Crippen LogP contribution in [0.2, 0.25) is 0 Å². The van der Waals surface area contributed by atoms with Gasteiger partial charge in [-0.1, -0.05) is 47.0 Å². The van der Waals surface area contributed by atoms with Gasteiger partial charge in [-0.3, -0.25) is 4.79 Å². The Morgan fingerprint density at radius 3 is 2.30 bits per heavy atom. The van der Waals surface area contributed by atoms with E-state index in [9.17, 15) is 4.79 Å². The van der Waals surface area contributed by atoms with E-state index in [4.69, 9.17) is 10.8 Å². The molecule has 1 amide bonds. The number of amides is 1. The molecule has 0 aliphatic carbocycles. The van der Waals surface area contributed by atoms with Crippen molar-refractivity contribution in [1.29, 1.82) is 0 Å². The largest absolute Gasteiger partial charge is 0.395 e. The van der Waals surface area contributed by atoms with Crippen LogP contribution in [0.25, 0.3) is 0 Å². The van der Waals surface area contributed by atoms with Crippen LogP contribution in [0.1, 0.15) is 59.8 Å². The molecule has 0 fully saturated rings. The Morgan fingerprint density at radius 2 is 1.85 bits per heavy atom. The lowest BCUT2D eigenvalue weighted by Crippen LogP contribution is -2.42. The molecule has 120 valence electrons. The van der Waals surface area contributed by atoms with Gasteiger partial charge in [0.25, 0.3) is 0 Å². The zero-order chi connectivity index (χ0) is 15.6. The van der Waals surface area contributed by atoms with Crippen LogP contribution >= 0.6 is 0 Å². The van der Waals surface area contributed by atoms with E-state index in [0.717, 1.165) is 25.8 Å². The second-order valence-electron chi connectivity index (χ2n) is 6.81. The Morgan fingerprint density at radius 1 is 1.20 bits per heavy atom. The van der Waals surface area contributed by atoms with Crippen molar-refractivity contribution in [3.8, 4) is 0 Å². The predicted octanol–water partition coefficient (Wildman–Crippen LogP) is 2.40. The molecule has 1 atom stereocenters. The van der Waals surface area contributed by atoms with Crippen LogP contribution in [0.4, 0.5) is 0 Å². The molecule has 0 aromatic heterocycles. The number of carbonyl (C=O) groups excluding carboxylic acids is 1. The Bertz CT molecular complexity index is 262. The van der Waals surface area contributed by atoms with Crippen molar-refractivity contribution >= 4 is 5.91 Å². The number of hydrogen-bond acceptors (Lipinski definition) is 3. The molecule has 20 heavy (non-hydrogen) atoms. The SMILES string of the molecule is CCCCCCN(CCO)C(=O)C(CN)CC(C)(C)C. The number of unbranched alkanes of at least 4 members (excludes halogenated alkanes) is 3. The highest BCUT2D eigenvalue weighted by molar-refractivity contribution is 5.79. The first-order valence-electron chi connectivity index (χ1n) is 7.95. The molecular weight excluding hydrogens is 252 g/mol. The van der Waals surface area contributed by atoms with Crippen molar-refractivity contribution < 1.29 is 9.90 Å². The highest BCUT2D eigenvalue weighted by atomic mass is 16.3. The van der Waals surface area contributed by atoms with Gasteiger partial charge in [-0.2, -0.15) is 0 Å². The smallest absolute Gasteiger partial charge is 0.227 e. The van der Waals surface area contributed by atoms with Crippen LogP contribution in [-0.2, 0) is 4.79 Å². The molecule has 4 heteroatoms. The molecule has 0 bridgehead atoms. The first-order valence-corrected chi connectivity index (χ1v) is 7.95. The van der Waals surface area contributed by atoms with Gasteiger partial charge in [0.2, 0.25) is 5.91 Å². The van der Waals surface area contributed by atoms with Crippen LogP contribution in [0, 0.1) is 11.3 Å². The standard InChI is InChI=1S/C16H34N2O2/c1-5-6-7-8-9-18(10-11-19)15(20)14(13-17)12-16(2,3)4/h14,19H,5-13,17H2,1-4H3. The number of carbonyl (C=O) groups is 1. The Labute approximate surface area is 124 Å². The highest BCUT2D eigenvalue weighted by Gasteiger charge is 2.27. The Kier molecular flexibility index (Phi) is 9.86. The second-order valence-corrected chi connectivity index (χ2v) is 6.81. The fourth-order valence-electron chi connectivity index (χ4n) is 2.45. The van der Waals surface area contributed by atoms with E-state index in [2.05, 4.69) is 27.7 Å². The lowest BCUT2D eigenvalue weighted by Gasteiger charge is -2.30. The van der Waals surface area contributed by atoms with E-state index in [1.807, 2.05) is 0 Å². The number of aliphatic hydroxyl groups is 1. The maximum absolute atomic E-state index is 12.5. The van der Waals surface area contributed by atoms with Crippen molar-refractivity contribution in [2.75, 3.05) is 26.2 Å². The highest BCUT2D eigenvalue weighted by Crippen LogP contribution is 2.25. The Balaban J connectivity index is 4.50. The Hall–Kier alpha value is -0.610. The monoisotopic (exact) mass is 286 g/mol. The lowest BCUT2D eigenvalue weighted by molar-refractivity contribution is -0.136. The molecule has 0 radical (unpaired) electrons. The van der Waals surface area contributed by atoms with Gasteiger partial charge >= 0.3 is 0 Å². The number of nitrogens with zero attached hydrogens (tertiary/aromatic N) is 1. The molecular formula is C16H34N2O2. The normalized spacial score (nSPS) is 13.3. The third-order valence-corrected chi connectivity index (χ3v) is 3.46. The third-order valence-electron chi connectivity index (χ3n) is 3.46. The second kappa shape index (κ2) is 10.2. The first kappa shape index (κ1) is 19.4. The van der Waals surface area contributed by atoms with E-state index in [0.29, 0.717) is 13.1 Å². The van der Waals surface area contributed by atoms with Crippen molar-refractivity contribution in [1.82, 2.24) is 4.90 Å². The summed E-state index contributed by atoms with van der Waals surface area (Å²) in [7, 11) is 0. The van der Waals surface area contributed by atoms with Crippen molar-refractivity contribution in [2.45, 2.75) is 59.8 Å². The van der Waals surface area contributed by atoms with Gasteiger partial charge in [0, 0.05) is 19.6 Å². The zero-order valence-electron chi connectivity index (χ0n) is 13.8. The molecule has 3 N–H and O–H groups in total. The molecule has 0 spiro atoms. The molecule has 0 aromatic carbocycles. The number of hydrogen-bond donors (Lipinski definition) is 2. The summed E-state index contributed by atoms with van der Waals surface area (Å²) in [5.41, 5.74) is 5.87. The number of rotatable bonds is 10. The van der Waals surface area contributed by atoms with E-state index < -0.39 is 0 Å². The van der Waals surface area contributed by atoms with Gasteiger partial charge in [-0.25, -0.2) is 0 Å². The van der Waals surface area contributed by atoms with E-state index in [1.54, 1.807) is 4.90 Å². The summed E-state index contributed by atoms with van der Waals surface area (Å²) >= 11 is 0. The summed E-state index contributed by atoms with van der Waals surface area (Å²) in [5, 5.41) is 9.15. The molecule has 0 saturated heterocycles. The molecule has 0 aliphatic rings. The van der Waals surface area contributed by atoms with Gasteiger partial charge in [0.1, 0.15) is 0 Å². The summed E-state index contributed by atoms with van der Waals surface area (Å²) in [4.78, 5) is 14.3. The van der Waals surface area contributed by atoms with Crippen LogP contribution in [-0.4, -0.2) is 42.2 Å².